The minimum atomic E-state index is -0.165. The first-order valence-electron chi connectivity index (χ1n) is 5.26. The quantitative estimate of drug-likeness (QED) is 0.836. The van der Waals surface area contributed by atoms with E-state index in [1.54, 1.807) is 13.2 Å². The number of hydrogen-bond acceptors (Lipinski definition) is 4. The molecule has 2 N–H and O–H groups in total. The SMILES string of the molecule is CNCC(=O)Nc1oncc1-c1ccccc1. The molecule has 5 nitrogen and oxygen atoms in total. The van der Waals surface area contributed by atoms with Gasteiger partial charge in [-0.25, -0.2) is 0 Å². The van der Waals surface area contributed by atoms with Crippen molar-refractivity contribution in [1.29, 1.82) is 0 Å². The predicted molar refractivity (Wildman–Crippen MR) is 64.5 cm³/mol. The van der Waals surface area contributed by atoms with Gasteiger partial charge in [-0.3, -0.25) is 10.1 Å². The van der Waals surface area contributed by atoms with Crippen molar-refractivity contribution < 1.29 is 9.32 Å². The lowest BCUT2D eigenvalue weighted by atomic mass is 10.1. The fourth-order valence-corrected chi connectivity index (χ4v) is 1.48. The van der Waals surface area contributed by atoms with Gasteiger partial charge in [-0.1, -0.05) is 35.5 Å². The van der Waals surface area contributed by atoms with Crippen molar-refractivity contribution in [2.75, 3.05) is 18.9 Å². The first-order valence-corrected chi connectivity index (χ1v) is 5.26. The molecule has 0 atom stereocenters. The second-order valence-corrected chi connectivity index (χ2v) is 3.51. The molecule has 1 aromatic heterocycles. The summed E-state index contributed by atoms with van der Waals surface area (Å²) in [4.78, 5) is 11.4. The van der Waals surface area contributed by atoms with Gasteiger partial charge in [-0.2, -0.15) is 0 Å². The number of likely N-dealkylation sites (N-methyl/N-ethyl adjacent to an activating group) is 1. The van der Waals surface area contributed by atoms with E-state index in [-0.39, 0.29) is 12.5 Å². The third kappa shape index (κ3) is 2.70. The van der Waals surface area contributed by atoms with Crippen LogP contribution in [-0.2, 0) is 4.79 Å². The standard InChI is InChI=1S/C12H13N3O2/c1-13-8-11(16)15-12-10(7-14-17-12)9-5-3-2-4-6-9/h2-7,13H,8H2,1H3,(H,15,16). The molecule has 0 aliphatic carbocycles. The van der Waals surface area contributed by atoms with Gasteiger partial charge in [-0.15, -0.1) is 0 Å². The van der Waals surface area contributed by atoms with Crippen molar-refractivity contribution in [3.8, 4) is 11.1 Å². The molecule has 17 heavy (non-hydrogen) atoms. The summed E-state index contributed by atoms with van der Waals surface area (Å²) in [6.45, 7) is 0.231. The topological polar surface area (TPSA) is 67.2 Å². The van der Waals surface area contributed by atoms with Crippen LogP contribution in [0.15, 0.2) is 41.1 Å². The third-order valence-corrected chi connectivity index (χ3v) is 2.25. The Morgan fingerprint density at radius 1 is 1.35 bits per heavy atom. The first kappa shape index (κ1) is 11.3. The van der Waals surface area contributed by atoms with Crippen LogP contribution in [-0.4, -0.2) is 24.7 Å². The van der Waals surface area contributed by atoms with Crippen LogP contribution in [0.5, 0.6) is 0 Å². The van der Waals surface area contributed by atoms with E-state index in [0.29, 0.717) is 5.88 Å². The van der Waals surface area contributed by atoms with E-state index in [0.717, 1.165) is 11.1 Å². The minimum Gasteiger partial charge on any atom is -0.338 e. The molecule has 1 heterocycles. The molecular formula is C12H13N3O2. The lowest BCUT2D eigenvalue weighted by Gasteiger charge is -2.03. The van der Waals surface area contributed by atoms with Gasteiger partial charge in [0.15, 0.2) is 0 Å². The summed E-state index contributed by atoms with van der Waals surface area (Å²) in [5, 5.41) is 9.13. The van der Waals surface area contributed by atoms with Gasteiger partial charge >= 0.3 is 0 Å². The van der Waals surface area contributed by atoms with Gasteiger partial charge in [0.2, 0.25) is 11.8 Å². The van der Waals surface area contributed by atoms with Crippen molar-refractivity contribution in [1.82, 2.24) is 10.5 Å². The van der Waals surface area contributed by atoms with E-state index < -0.39 is 0 Å². The number of anilines is 1. The van der Waals surface area contributed by atoms with Crippen LogP contribution in [0.4, 0.5) is 5.88 Å². The van der Waals surface area contributed by atoms with Gasteiger partial charge in [0.05, 0.1) is 18.3 Å². The van der Waals surface area contributed by atoms with Crippen LogP contribution < -0.4 is 10.6 Å². The van der Waals surface area contributed by atoms with Crippen LogP contribution >= 0.6 is 0 Å². The number of hydrogen-bond donors (Lipinski definition) is 2. The van der Waals surface area contributed by atoms with Gasteiger partial charge in [0.1, 0.15) is 0 Å². The molecule has 2 aromatic rings. The Morgan fingerprint density at radius 3 is 2.82 bits per heavy atom. The fourth-order valence-electron chi connectivity index (χ4n) is 1.48. The van der Waals surface area contributed by atoms with Crippen LogP contribution in [0.2, 0.25) is 0 Å². The molecule has 88 valence electrons. The Hall–Kier alpha value is -2.14. The van der Waals surface area contributed by atoms with Crippen LogP contribution in [0.1, 0.15) is 0 Å². The van der Waals surface area contributed by atoms with Crippen molar-refractivity contribution in [3.63, 3.8) is 0 Å². The summed E-state index contributed by atoms with van der Waals surface area (Å²) in [5.41, 5.74) is 1.73. The molecule has 0 saturated carbocycles. The second kappa shape index (κ2) is 5.27. The van der Waals surface area contributed by atoms with E-state index in [4.69, 9.17) is 4.52 Å². The zero-order valence-electron chi connectivity index (χ0n) is 9.43. The molecule has 0 aliphatic heterocycles. The lowest BCUT2D eigenvalue weighted by molar-refractivity contribution is -0.115. The number of amides is 1. The summed E-state index contributed by atoms with van der Waals surface area (Å²) in [6, 6.07) is 9.62. The first-order chi connectivity index (χ1) is 8.31. The molecule has 0 aliphatic rings. The maximum Gasteiger partial charge on any atom is 0.240 e. The number of aromatic nitrogens is 1. The number of nitrogens with zero attached hydrogens (tertiary/aromatic N) is 1. The fraction of sp³-hybridized carbons (Fsp3) is 0.167. The second-order valence-electron chi connectivity index (χ2n) is 3.51. The maximum absolute atomic E-state index is 11.4. The van der Waals surface area contributed by atoms with Crippen LogP contribution in [0.25, 0.3) is 11.1 Å². The monoisotopic (exact) mass is 231 g/mol. The molecule has 2 rings (SSSR count). The van der Waals surface area contributed by atoms with Crippen molar-refractivity contribution in [3.05, 3.63) is 36.5 Å². The average Bonchev–Trinajstić information content (AvgIpc) is 2.78. The largest absolute Gasteiger partial charge is 0.338 e. The van der Waals surface area contributed by atoms with Crippen molar-refractivity contribution in [2.45, 2.75) is 0 Å². The van der Waals surface area contributed by atoms with E-state index in [1.807, 2.05) is 30.3 Å². The van der Waals surface area contributed by atoms with Gasteiger partial charge in [0.25, 0.3) is 0 Å². The van der Waals surface area contributed by atoms with Crippen molar-refractivity contribution in [2.24, 2.45) is 0 Å². The zero-order valence-corrected chi connectivity index (χ0v) is 9.43. The maximum atomic E-state index is 11.4. The van der Waals surface area contributed by atoms with Gasteiger partial charge < -0.3 is 9.84 Å². The number of carbonyl (C=O) groups is 1. The molecule has 1 amide bonds. The summed E-state index contributed by atoms with van der Waals surface area (Å²) in [7, 11) is 1.71. The highest BCUT2D eigenvalue weighted by Crippen LogP contribution is 2.27. The summed E-state index contributed by atoms with van der Waals surface area (Å²) >= 11 is 0. The predicted octanol–water partition coefficient (Wildman–Crippen LogP) is 1.50. The van der Waals surface area contributed by atoms with E-state index >= 15 is 0 Å². The highest BCUT2D eigenvalue weighted by molar-refractivity contribution is 5.94. The average molecular weight is 231 g/mol. The molecular weight excluding hydrogens is 218 g/mol. The molecule has 0 unspecified atom stereocenters. The smallest absolute Gasteiger partial charge is 0.240 e. The highest BCUT2D eigenvalue weighted by Gasteiger charge is 2.12. The molecule has 0 radical (unpaired) electrons. The van der Waals surface area contributed by atoms with Crippen LogP contribution in [0.3, 0.4) is 0 Å². The lowest BCUT2D eigenvalue weighted by Crippen LogP contribution is -2.25. The molecule has 0 spiro atoms. The molecule has 0 bridgehead atoms. The Labute approximate surface area is 98.8 Å². The Morgan fingerprint density at radius 2 is 2.12 bits per heavy atom. The summed E-state index contributed by atoms with van der Waals surface area (Å²) < 4.78 is 5.03. The number of nitrogens with one attached hydrogen (secondary N) is 2. The molecule has 0 saturated heterocycles. The number of carbonyl (C=O) groups excluding carboxylic acids is 1. The Kier molecular flexibility index (Phi) is 3.52. The van der Waals surface area contributed by atoms with Gasteiger partial charge in [0, 0.05) is 0 Å². The van der Waals surface area contributed by atoms with Crippen LogP contribution in [0, 0.1) is 0 Å². The highest BCUT2D eigenvalue weighted by atomic mass is 16.5. The molecule has 0 fully saturated rings. The normalized spacial score (nSPS) is 10.2. The van der Waals surface area contributed by atoms with E-state index in [9.17, 15) is 4.79 Å². The molecule has 1 aromatic carbocycles. The van der Waals surface area contributed by atoms with Crippen molar-refractivity contribution >= 4 is 11.8 Å². The number of rotatable bonds is 4. The van der Waals surface area contributed by atoms with E-state index in [1.165, 1.54) is 0 Å². The summed E-state index contributed by atoms with van der Waals surface area (Å²) in [6.07, 6.45) is 1.59. The minimum absolute atomic E-state index is 0.165. The Balaban J connectivity index is 2.20. The summed E-state index contributed by atoms with van der Waals surface area (Å²) in [5.74, 6) is 0.206. The zero-order chi connectivity index (χ0) is 12.1. The van der Waals surface area contributed by atoms with E-state index in [2.05, 4.69) is 15.8 Å². The third-order valence-electron chi connectivity index (χ3n) is 2.25. The number of benzene rings is 1. The Bertz CT molecular complexity index is 493. The molecule has 5 heteroatoms. The van der Waals surface area contributed by atoms with Gasteiger partial charge in [-0.05, 0) is 12.6 Å².